The van der Waals surface area contributed by atoms with E-state index in [1.807, 2.05) is 164 Å². The molecule has 9 rings (SSSR count). The Morgan fingerprint density at radius 2 is 0.690 bits per heavy atom. The van der Waals surface area contributed by atoms with Gasteiger partial charge in [-0.25, -0.2) is 0 Å². The molecule has 7 aromatic carbocycles. The second-order valence-electron chi connectivity index (χ2n) is 20.8. The van der Waals surface area contributed by atoms with Gasteiger partial charge in [-0.05, 0) is 51.8 Å². The Balaban J connectivity index is 1.08. The quantitative estimate of drug-likeness (QED) is 0.0276. The monoisotopic (exact) mass is 1150 g/mol. The van der Waals surface area contributed by atoms with E-state index in [2.05, 4.69) is 0 Å². The molecular weight excluding hydrogens is 1060 g/mol. The third kappa shape index (κ3) is 20.1. The van der Waals surface area contributed by atoms with Crippen molar-refractivity contribution in [2.24, 2.45) is 0 Å². The fourth-order valence-corrected chi connectivity index (χ4v) is 10.0. The van der Waals surface area contributed by atoms with Crippen molar-refractivity contribution in [3.05, 3.63) is 251 Å². The van der Waals surface area contributed by atoms with Crippen molar-refractivity contribution in [3.8, 4) is 0 Å². The molecule has 0 amide bonds. The first-order valence-corrected chi connectivity index (χ1v) is 29.2. The van der Waals surface area contributed by atoms with E-state index in [1.54, 1.807) is 48.5 Å². The van der Waals surface area contributed by atoms with Crippen molar-refractivity contribution in [2.75, 3.05) is 26.9 Å². The van der Waals surface area contributed by atoms with E-state index >= 15 is 0 Å². The summed E-state index contributed by atoms with van der Waals surface area (Å²) >= 11 is 0. The third-order valence-corrected chi connectivity index (χ3v) is 14.5. The molecule has 5 unspecified atom stereocenters. The number of benzene rings is 7. The molecule has 2 aliphatic rings. The van der Waals surface area contributed by atoms with Gasteiger partial charge in [0.15, 0.2) is 12.6 Å². The van der Waals surface area contributed by atoms with Crippen LogP contribution in [-0.4, -0.2) is 94.3 Å². The van der Waals surface area contributed by atoms with Gasteiger partial charge in [-0.1, -0.05) is 238 Å². The third-order valence-electron chi connectivity index (χ3n) is 14.5. The van der Waals surface area contributed by atoms with E-state index in [9.17, 15) is 8.91 Å². The smallest absolute Gasteiger partial charge is 0.305 e. The number of methoxy groups -OCH3 is 1. The largest absolute Gasteiger partial charge is 0.469 e. The minimum absolute atomic E-state index is 0.167. The molecule has 2 heterocycles. The number of esters is 1. The second kappa shape index (κ2) is 35.1. The summed E-state index contributed by atoms with van der Waals surface area (Å²) in [6.45, 7) is -4.67. The van der Waals surface area contributed by atoms with Crippen LogP contribution in [0, 0.1) is 0 Å². The fourth-order valence-electron chi connectivity index (χ4n) is 10.0. The average molecular weight is 1150 g/mol. The molecule has 0 spiro atoms. The molecule has 7 aromatic rings. The zero-order valence-corrected chi connectivity index (χ0v) is 47.8. The molecule has 0 bridgehead atoms. The van der Waals surface area contributed by atoms with Crippen molar-refractivity contribution in [1.82, 2.24) is 0 Å². The predicted octanol–water partition coefficient (Wildman–Crippen LogP) is 13.1. The number of rotatable bonds is 35. The molecule has 444 valence electrons. The van der Waals surface area contributed by atoms with Crippen molar-refractivity contribution < 1.29 is 67.1 Å². The Morgan fingerprint density at radius 3 is 1.17 bits per heavy atom. The van der Waals surface area contributed by atoms with Gasteiger partial charge in [-0.2, -0.15) is 0 Å². The minimum atomic E-state index is -1.40. The van der Waals surface area contributed by atoms with Crippen LogP contribution in [0.1, 0.15) is 89.4 Å². The van der Waals surface area contributed by atoms with Crippen molar-refractivity contribution in [1.29, 1.82) is 0 Å². The van der Waals surface area contributed by atoms with E-state index in [-0.39, 0.29) is 39.0 Å². The van der Waals surface area contributed by atoms with Gasteiger partial charge in [0.25, 0.3) is 0 Å². The standard InChI is InChI=1S/C71H82O13/c1-73-63(72)43-27-4-2-3-5-28-44-75-70-68(80-50-59-39-23-11-24-40-59)67(79-49-58-37-21-10-22-38-58)65(77-47-56-33-17-8-18-34-56)62(84-70)53-82-71-69(81-51-60-41-25-12-26-42-60)66(78-48-57-35-19-9-20-36-57)64(76-46-55-31-15-7-16-32-55)61(83-71)52-74-45-54-29-13-6-14-30-54/h6-26,29-42,61-62,64-71H,2-5,27-28,43-53H2,1H3/t61-,62-,64-,65-,66+,67+,68+,69+,70+,71?/m1/s1/i45D,46D,48D,51D/t45?,46?,48?,51?,61-,62-,64-,65-,66+,67+,68+,69+,70+,71?. The van der Waals surface area contributed by atoms with E-state index in [4.69, 9.17) is 58.2 Å². The van der Waals surface area contributed by atoms with Crippen LogP contribution in [0.3, 0.4) is 0 Å². The molecule has 0 saturated carbocycles. The molecule has 0 radical (unpaired) electrons. The number of unbranched alkanes of at least 4 members (excludes halogenated alkanes) is 5. The van der Waals surface area contributed by atoms with Crippen LogP contribution >= 0.6 is 0 Å². The van der Waals surface area contributed by atoms with Crippen molar-refractivity contribution in [2.45, 2.75) is 153 Å². The number of hydrogen-bond acceptors (Lipinski definition) is 13. The SMILES string of the molecule is [2H]C(OC[C@H]1OC(OC[C@H]2O[C@H](OCCCCCCCCC(=O)OC)[C@@H](OCc3ccccc3)[C@@H](OCc3ccccc3)[C@@H]2OCc2ccccc2)[C@@H](OC([2H])c2ccccc2)[C@@H](OC([2H])c2ccccc2)[C@@H]1OC([2H])c1ccccc1)c1ccccc1. The molecule has 2 saturated heterocycles. The lowest BCUT2D eigenvalue weighted by molar-refractivity contribution is -0.353. The summed E-state index contributed by atoms with van der Waals surface area (Å²) in [7, 11) is 1.41. The van der Waals surface area contributed by atoms with Crippen molar-refractivity contribution in [3.63, 3.8) is 0 Å². The van der Waals surface area contributed by atoms with Gasteiger partial charge in [0.2, 0.25) is 0 Å². The van der Waals surface area contributed by atoms with Crippen LogP contribution in [0.15, 0.2) is 212 Å². The lowest BCUT2D eigenvalue weighted by Gasteiger charge is -2.48. The molecule has 2 fully saturated rings. The first-order chi connectivity index (χ1) is 43.2. The molecule has 84 heavy (non-hydrogen) atoms. The van der Waals surface area contributed by atoms with Crippen LogP contribution in [0.25, 0.3) is 0 Å². The van der Waals surface area contributed by atoms with Crippen LogP contribution in [0.2, 0.25) is 0 Å². The van der Waals surface area contributed by atoms with Gasteiger partial charge in [-0.15, -0.1) is 0 Å². The van der Waals surface area contributed by atoms with E-state index in [0.717, 1.165) is 55.2 Å². The Bertz CT molecular complexity index is 3010. The highest BCUT2D eigenvalue weighted by Crippen LogP contribution is 2.35. The highest BCUT2D eigenvalue weighted by molar-refractivity contribution is 5.69. The van der Waals surface area contributed by atoms with Crippen LogP contribution < -0.4 is 0 Å². The van der Waals surface area contributed by atoms with Gasteiger partial charge in [0.05, 0.1) is 72.0 Å². The van der Waals surface area contributed by atoms with E-state index in [1.165, 1.54) is 7.11 Å². The normalized spacial score (nSPS) is 24.5. The summed E-state index contributed by atoms with van der Waals surface area (Å²) < 4.78 is 119. The molecule has 14 atom stereocenters. The van der Waals surface area contributed by atoms with Gasteiger partial charge in [0, 0.05) is 13.0 Å². The number of hydrogen-bond donors (Lipinski definition) is 0. The summed E-state index contributed by atoms with van der Waals surface area (Å²) in [5.74, 6) is -0.201. The lowest BCUT2D eigenvalue weighted by Crippen LogP contribution is -2.64. The number of carbonyl (C=O) groups is 1. The molecular formula is C71H82O13. The Kier molecular flexibility index (Phi) is 23.7. The zero-order valence-electron chi connectivity index (χ0n) is 51.8. The lowest BCUT2D eigenvalue weighted by atomic mass is 9.96. The van der Waals surface area contributed by atoms with Gasteiger partial charge in [-0.3, -0.25) is 4.79 Å². The Labute approximate surface area is 501 Å². The van der Waals surface area contributed by atoms with E-state index in [0.29, 0.717) is 35.3 Å². The highest BCUT2D eigenvalue weighted by atomic mass is 16.8. The maximum atomic E-state index is 11.7. The van der Waals surface area contributed by atoms with Crippen LogP contribution in [-0.2, 0) is 108 Å². The maximum absolute atomic E-state index is 11.7. The summed E-state index contributed by atoms with van der Waals surface area (Å²) in [4.78, 5) is 11.7. The molecule has 0 aromatic heterocycles. The summed E-state index contributed by atoms with van der Waals surface area (Å²) in [6.07, 6.45) is -5.23. The van der Waals surface area contributed by atoms with Crippen LogP contribution in [0.5, 0.6) is 0 Å². The van der Waals surface area contributed by atoms with Crippen LogP contribution in [0.4, 0.5) is 0 Å². The average Bonchev–Trinajstić information content (AvgIpc) is 2.73. The predicted molar refractivity (Wildman–Crippen MR) is 320 cm³/mol. The first-order valence-electron chi connectivity index (χ1n) is 31.6. The molecule has 0 N–H and O–H groups in total. The highest BCUT2D eigenvalue weighted by Gasteiger charge is 2.52. The summed E-state index contributed by atoms with van der Waals surface area (Å²) in [5.41, 5.74) is 4.98. The topological polar surface area (TPSA) is 128 Å². The van der Waals surface area contributed by atoms with Gasteiger partial charge < -0.3 is 56.8 Å². The van der Waals surface area contributed by atoms with Gasteiger partial charge >= 0.3 is 5.97 Å². The number of carbonyl (C=O) groups excluding carboxylic acids is 1. The van der Waals surface area contributed by atoms with E-state index < -0.39 is 87.7 Å². The van der Waals surface area contributed by atoms with Crippen molar-refractivity contribution >= 4 is 5.97 Å². The molecule has 0 aliphatic carbocycles. The Morgan fingerprint density at radius 1 is 0.357 bits per heavy atom. The second-order valence-corrected chi connectivity index (χ2v) is 20.8. The summed E-state index contributed by atoms with van der Waals surface area (Å²) in [5, 5.41) is 0. The summed E-state index contributed by atoms with van der Waals surface area (Å²) in [6, 6.07) is 65.9. The maximum Gasteiger partial charge on any atom is 0.305 e. The molecule has 13 nitrogen and oxygen atoms in total. The number of ether oxygens (including phenoxy) is 12. The first kappa shape index (κ1) is 56.7. The van der Waals surface area contributed by atoms with Gasteiger partial charge in [0.1, 0.15) is 48.8 Å². The molecule has 13 heteroatoms. The minimum Gasteiger partial charge on any atom is -0.469 e. The Hall–Kier alpha value is -6.43. The fraction of sp³-hybridized carbons (Fsp3) is 0.394. The zero-order chi connectivity index (χ0) is 61.1. The molecule has 2 aliphatic heterocycles.